The number of hydrogen-bond acceptors (Lipinski definition) is 3. The minimum Gasteiger partial charge on any atom is -0.481 e. The van der Waals surface area contributed by atoms with Crippen molar-refractivity contribution in [2.24, 2.45) is 11.8 Å². The molecule has 0 spiro atoms. The maximum absolute atomic E-state index is 11.9. The molecule has 0 aliphatic carbocycles. The van der Waals surface area contributed by atoms with E-state index in [1.807, 2.05) is 6.92 Å². The Balaban J connectivity index is 4.49. The van der Waals surface area contributed by atoms with Gasteiger partial charge in [0.2, 0.25) is 5.91 Å². The number of rotatable bonds is 8. The van der Waals surface area contributed by atoms with E-state index < -0.39 is 11.5 Å². The Kier molecular flexibility index (Phi) is 6.91. The Labute approximate surface area is 109 Å². The van der Waals surface area contributed by atoms with Gasteiger partial charge in [0.25, 0.3) is 0 Å². The first-order chi connectivity index (χ1) is 8.20. The number of methoxy groups -OCH3 is 1. The summed E-state index contributed by atoms with van der Waals surface area (Å²) in [5.41, 5.74) is -0.853. The van der Waals surface area contributed by atoms with E-state index >= 15 is 0 Å². The molecule has 1 amide bonds. The molecule has 0 aromatic rings. The molecule has 2 N–H and O–H groups in total. The second-order valence-electron chi connectivity index (χ2n) is 5.54. The summed E-state index contributed by atoms with van der Waals surface area (Å²) >= 11 is 0. The first kappa shape index (κ1) is 16.9. The fourth-order valence-corrected chi connectivity index (χ4v) is 1.70. The molecule has 0 saturated carbocycles. The summed E-state index contributed by atoms with van der Waals surface area (Å²) in [6, 6.07) is 0. The highest BCUT2D eigenvalue weighted by Crippen LogP contribution is 2.16. The summed E-state index contributed by atoms with van der Waals surface area (Å²) in [5.74, 6) is -0.394. The van der Waals surface area contributed by atoms with Crippen LogP contribution in [0, 0.1) is 11.8 Å². The second-order valence-corrected chi connectivity index (χ2v) is 5.54. The van der Waals surface area contributed by atoms with Crippen molar-refractivity contribution in [2.45, 2.75) is 46.1 Å². The van der Waals surface area contributed by atoms with Crippen LogP contribution in [-0.4, -0.2) is 36.2 Å². The molecule has 0 fully saturated rings. The number of amides is 1. The van der Waals surface area contributed by atoms with Gasteiger partial charge in [-0.1, -0.05) is 20.8 Å². The van der Waals surface area contributed by atoms with E-state index in [9.17, 15) is 9.59 Å². The summed E-state index contributed by atoms with van der Waals surface area (Å²) in [6.45, 7) is 7.99. The van der Waals surface area contributed by atoms with Gasteiger partial charge >= 0.3 is 5.97 Å². The quantitative estimate of drug-likeness (QED) is 0.695. The van der Waals surface area contributed by atoms with Gasteiger partial charge in [-0.05, 0) is 18.8 Å². The largest absolute Gasteiger partial charge is 0.481 e. The monoisotopic (exact) mass is 259 g/mol. The van der Waals surface area contributed by atoms with Crippen molar-refractivity contribution in [3.05, 3.63) is 0 Å². The lowest BCUT2D eigenvalue weighted by atomic mass is 9.93. The molecular weight excluding hydrogens is 234 g/mol. The highest BCUT2D eigenvalue weighted by molar-refractivity contribution is 5.78. The van der Waals surface area contributed by atoms with Gasteiger partial charge in [0, 0.05) is 13.5 Å². The molecule has 2 atom stereocenters. The fourth-order valence-electron chi connectivity index (χ4n) is 1.70. The lowest BCUT2D eigenvalue weighted by Gasteiger charge is -2.29. The Morgan fingerprint density at radius 3 is 2.28 bits per heavy atom. The highest BCUT2D eigenvalue weighted by atomic mass is 16.5. The van der Waals surface area contributed by atoms with Gasteiger partial charge in [0.1, 0.15) is 0 Å². The molecule has 0 rings (SSSR count). The first-order valence-corrected chi connectivity index (χ1v) is 6.22. The minimum absolute atomic E-state index is 0.128. The second kappa shape index (κ2) is 7.36. The summed E-state index contributed by atoms with van der Waals surface area (Å²) in [7, 11) is 1.49. The number of carbonyl (C=O) groups is 2. The van der Waals surface area contributed by atoms with E-state index in [0.29, 0.717) is 12.3 Å². The van der Waals surface area contributed by atoms with Crippen molar-refractivity contribution in [3.63, 3.8) is 0 Å². The maximum atomic E-state index is 11.9. The molecule has 0 bridgehead atoms. The highest BCUT2D eigenvalue weighted by Gasteiger charge is 2.30. The van der Waals surface area contributed by atoms with Crippen molar-refractivity contribution in [1.29, 1.82) is 0 Å². The number of nitrogens with one attached hydrogen (secondary N) is 1. The van der Waals surface area contributed by atoms with Crippen LogP contribution >= 0.6 is 0 Å². The van der Waals surface area contributed by atoms with Gasteiger partial charge in [0.05, 0.1) is 18.6 Å². The van der Waals surface area contributed by atoms with Gasteiger partial charge in [-0.3, -0.25) is 9.59 Å². The van der Waals surface area contributed by atoms with Crippen LogP contribution in [0.5, 0.6) is 0 Å². The summed E-state index contributed by atoms with van der Waals surface area (Å²) in [6.07, 6.45) is 0.249. The Morgan fingerprint density at radius 1 is 1.33 bits per heavy atom. The zero-order valence-corrected chi connectivity index (χ0v) is 11.9. The normalized spacial score (nSPS) is 16.1. The molecule has 0 aliphatic rings. The van der Waals surface area contributed by atoms with Crippen LogP contribution in [0.4, 0.5) is 0 Å². The zero-order chi connectivity index (χ0) is 14.3. The van der Waals surface area contributed by atoms with Gasteiger partial charge in [-0.25, -0.2) is 0 Å². The predicted molar refractivity (Wildman–Crippen MR) is 69.3 cm³/mol. The third-order valence-electron chi connectivity index (χ3n) is 3.09. The topological polar surface area (TPSA) is 75.6 Å². The first-order valence-electron chi connectivity index (χ1n) is 6.22. The van der Waals surface area contributed by atoms with Crippen LogP contribution in [0.25, 0.3) is 0 Å². The van der Waals surface area contributed by atoms with Crippen LogP contribution in [0.2, 0.25) is 0 Å². The van der Waals surface area contributed by atoms with Crippen LogP contribution in [0.3, 0.4) is 0 Å². The Morgan fingerprint density at radius 2 is 1.89 bits per heavy atom. The van der Waals surface area contributed by atoms with Crippen molar-refractivity contribution >= 4 is 11.9 Å². The van der Waals surface area contributed by atoms with Crippen LogP contribution < -0.4 is 5.32 Å². The Hall–Kier alpha value is -1.10. The summed E-state index contributed by atoms with van der Waals surface area (Å²) in [5, 5.41) is 11.6. The third kappa shape index (κ3) is 6.59. The van der Waals surface area contributed by atoms with Gasteiger partial charge in [0.15, 0.2) is 0 Å². The van der Waals surface area contributed by atoms with Gasteiger partial charge < -0.3 is 15.2 Å². The number of hydrogen-bond donors (Lipinski definition) is 2. The number of ether oxygens (including phenoxy) is 1. The molecule has 0 saturated heterocycles. The fraction of sp³-hybridized carbons (Fsp3) is 0.846. The lowest BCUT2D eigenvalue weighted by Crippen LogP contribution is -2.51. The molecule has 106 valence electrons. The van der Waals surface area contributed by atoms with E-state index in [1.54, 1.807) is 6.92 Å². The van der Waals surface area contributed by atoms with Crippen molar-refractivity contribution < 1.29 is 19.4 Å². The molecule has 0 aromatic carbocycles. The number of carboxylic acid groups (broad SMARTS) is 1. The molecule has 0 heterocycles. The maximum Gasteiger partial charge on any atom is 0.305 e. The smallest absolute Gasteiger partial charge is 0.305 e. The van der Waals surface area contributed by atoms with Crippen LogP contribution in [0.15, 0.2) is 0 Å². The summed E-state index contributed by atoms with van der Waals surface area (Å²) in [4.78, 5) is 22.7. The summed E-state index contributed by atoms with van der Waals surface area (Å²) < 4.78 is 4.98. The molecular formula is C13H25NO4. The molecule has 2 unspecified atom stereocenters. The van der Waals surface area contributed by atoms with Crippen molar-refractivity contribution in [1.82, 2.24) is 5.32 Å². The van der Waals surface area contributed by atoms with Crippen molar-refractivity contribution in [3.8, 4) is 0 Å². The number of carboxylic acids is 1. The van der Waals surface area contributed by atoms with E-state index in [4.69, 9.17) is 9.84 Å². The molecule has 0 aliphatic heterocycles. The van der Waals surface area contributed by atoms with E-state index in [2.05, 4.69) is 19.2 Å². The predicted octanol–water partition coefficient (Wildman–Crippen LogP) is 1.66. The average molecular weight is 259 g/mol. The minimum atomic E-state index is -0.952. The molecule has 0 radical (unpaired) electrons. The molecule has 18 heavy (non-hydrogen) atoms. The molecule has 5 heteroatoms. The lowest BCUT2D eigenvalue weighted by molar-refractivity contribution is -0.139. The molecule has 5 nitrogen and oxygen atoms in total. The van der Waals surface area contributed by atoms with Crippen LogP contribution in [-0.2, 0) is 14.3 Å². The van der Waals surface area contributed by atoms with E-state index in [1.165, 1.54) is 7.11 Å². The number of aliphatic carboxylic acids is 1. The van der Waals surface area contributed by atoms with Crippen LogP contribution in [0.1, 0.15) is 40.5 Å². The third-order valence-corrected chi connectivity index (χ3v) is 3.09. The Bertz CT molecular complexity index is 291. The van der Waals surface area contributed by atoms with E-state index in [-0.39, 0.29) is 24.9 Å². The van der Waals surface area contributed by atoms with Gasteiger partial charge in [-0.15, -0.1) is 0 Å². The van der Waals surface area contributed by atoms with Gasteiger partial charge in [-0.2, -0.15) is 0 Å². The molecule has 0 aromatic heterocycles. The average Bonchev–Trinajstić information content (AvgIpc) is 2.14. The van der Waals surface area contributed by atoms with Crippen molar-refractivity contribution in [2.75, 3.05) is 13.7 Å². The van der Waals surface area contributed by atoms with E-state index in [0.717, 1.165) is 0 Å². The number of carbonyl (C=O) groups excluding carboxylic acids is 1. The zero-order valence-electron chi connectivity index (χ0n) is 11.9. The standard InChI is InChI=1S/C13H25NO4/c1-9(2)10(3)6-11(15)14-13(4,8-18-5)7-12(16)17/h9-10H,6-8H2,1-5H3,(H,14,15)(H,16,17). The SMILES string of the molecule is COCC(C)(CC(=O)O)NC(=O)CC(C)C(C)C.